The number of nitrogens with zero attached hydrogens (tertiary/aromatic N) is 7. The highest BCUT2D eigenvalue weighted by Crippen LogP contribution is 2.58. The molecule has 0 bridgehead atoms. The zero-order valence-electron chi connectivity index (χ0n) is 26.1. The van der Waals surface area contributed by atoms with Gasteiger partial charge < -0.3 is 19.4 Å². The Kier molecular flexibility index (Phi) is 7.14. The number of ether oxygens (including phenoxy) is 1. The maximum Gasteiger partial charge on any atom is 0.246 e. The van der Waals surface area contributed by atoms with E-state index in [1.165, 1.54) is 17.2 Å². The van der Waals surface area contributed by atoms with Crippen molar-refractivity contribution >= 4 is 22.5 Å². The van der Waals surface area contributed by atoms with Crippen molar-refractivity contribution in [3.05, 3.63) is 71.0 Å². The third-order valence-electron chi connectivity index (χ3n) is 11.0. The summed E-state index contributed by atoms with van der Waals surface area (Å²) in [5.41, 5.74) is 3.51. The molecule has 5 heterocycles. The predicted molar refractivity (Wildman–Crippen MR) is 172 cm³/mol. The molecule has 3 saturated heterocycles. The lowest BCUT2D eigenvalue weighted by Crippen LogP contribution is -2.56. The summed E-state index contributed by atoms with van der Waals surface area (Å²) in [6.45, 7) is 13.3. The first kappa shape index (κ1) is 29.8. The minimum atomic E-state index is -0.951. The summed E-state index contributed by atoms with van der Waals surface area (Å²) < 4.78 is 37.9. The summed E-state index contributed by atoms with van der Waals surface area (Å²) in [5.74, 6) is 0.188. The molecular formula is C36H35F2N7O2. The summed E-state index contributed by atoms with van der Waals surface area (Å²) >= 11 is 0. The number of anilines is 1. The number of alkyl halides is 1. The van der Waals surface area contributed by atoms with Gasteiger partial charge in [0, 0.05) is 49.7 Å². The maximum atomic E-state index is 16.9. The number of carbonyl (C=O) groups excluding carboxylic acids is 1. The van der Waals surface area contributed by atoms with Gasteiger partial charge in [-0.15, -0.1) is 0 Å². The number of benzene rings is 1. The molecule has 240 valence electrons. The second kappa shape index (κ2) is 11.3. The normalized spacial score (nSPS) is 27.6. The fraction of sp³-hybridized carbons (Fsp3) is 0.472. The van der Waals surface area contributed by atoms with E-state index in [4.69, 9.17) is 11.3 Å². The van der Waals surface area contributed by atoms with E-state index in [0.717, 1.165) is 37.8 Å². The number of pyridine rings is 2. The van der Waals surface area contributed by atoms with Crippen LogP contribution in [0.3, 0.4) is 0 Å². The number of rotatable bonds is 7. The smallest absolute Gasteiger partial charge is 0.246 e. The van der Waals surface area contributed by atoms with E-state index < -0.39 is 23.6 Å². The molecule has 1 amide bonds. The number of fused-ring (bicyclic) bond motifs is 5. The summed E-state index contributed by atoms with van der Waals surface area (Å²) in [5, 5.41) is 11.0. The minimum Gasteiger partial charge on any atom is -0.475 e. The van der Waals surface area contributed by atoms with Gasteiger partial charge in [-0.25, -0.2) is 20.3 Å². The molecule has 3 aromatic rings. The molecule has 11 heteroatoms. The molecule has 5 aliphatic rings. The monoisotopic (exact) mass is 635 g/mol. The lowest BCUT2D eigenvalue weighted by molar-refractivity contribution is -0.128. The van der Waals surface area contributed by atoms with Crippen LogP contribution < -0.4 is 9.64 Å². The van der Waals surface area contributed by atoms with E-state index in [0.29, 0.717) is 49.0 Å². The molecule has 0 radical (unpaired) electrons. The van der Waals surface area contributed by atoms with Gasteiger partial charge in [0.25, 0.3) is 0 Å². The zero-order valence-corrected chi connectivity index (χ0v) is 26.1. The summed E-state index contributed by atoms with van der Waals surface area (Å²) in [6.07, 6.45) is 6.03. The minimum absolute atomic E-state index is 0.00135. The van der Waals surface area contributed by atoms with Crippen LogP contribution in [-0.4, -0.2) is 89.3 Å². The van der Waals surface area contributed by atoms with Crippen LogP contribution in [0, 0.1) is 29.6 Å². The van der Waals surface area contributed by atoms with E-state index >= 15 is 4.39 Å². The largest absolute Gasteiger partial charge is 0.475 e. The SMILES string of the molecule is [C-]#[N+]C[C@H]1CN(c2c(C#N)c(OCC34CCCN3C[C@H](F)C4)nc3c(F)c(-c4cccc5c4C4CC4C5)ncc23)CCN1C(=O)C=C. The number of piperazine rings is 1. The van der Waals surface area contributed by atoms with Crippen LogP contribution in [0.15, 0.2) is 37.1 Å². The second-order valence-electron chi connectivity index (χ2n) is 13.7. The fourth-order valence-electron chi connectivity index (χ4n) is 8.80. The number of carbonyl (C=O) groups is 1. The van der Waals surface area contributed by atoms with Crippen LogP contribution in [0.5, 0.6) is 5.88 Å². The van der Waals surface area contributed by atoms with Crippen LogP contribution >= 0.6 is 0 Å². The molecule has 8 rings (SSSR count). The third kappa shape index (κ3) is 4.74. The van der Waals surface area contributed by atoms with E-state index in [9.17, 15) is 14.4 Å². The van der Waals surface area contributed by atoms with E-state index in [1.54, 1.807) is 11.1 Å². The number of amides is 1. The van der Waals surface area contributed by atoms with E-state index in [-0.39, 0.29) is 48.3 Å². The van der Waals surface area contributed by atoms with Gasteiger partial charge in [-0.2, -0.15) is 5.26 Å². The summed E-state index contributed by atoms with van der Waals surface area (Å²) in [6, 6.07) is 7.79. The molecular weight excluding hydrogens is 600 g/mol. The molecule has 4 fully saturated rings. The van der Waals surface area contributed by atoms with Crippen LogP contribution in [0.4, 0.5) is 14.5 Å². The predicted octanol–water partition coefficient (Wildman–Crippen LogP) is 5.04. The highest BCUT2D eigenvalue weighted by atomic mass is 19.1. The maximum absolute atomic E-state index is 16.9. The standard InChI is InChI=1S/C36H35F2N7O2/c1-3-29(46)45-11-10-43(19-24(45)16-40-2)34-27(15-39)35(47-20-36-8-5-9-44(36)18-23(37)14-36)42-33-28(34)17-41-32(31(33)38)25-7-4-6-21-12-22-13-26(22)30(21)25/h3-4,6-7,17,22-24,26H,1,5,8-14,16,18-20H2/t22?,23-,24+,26?,36?/m1/s1. The average molecular weight is 636 g/mol. The lowest BCUT2D eigenvalue weighted by Gasteiger charge is -2.40. The van der Waals surface area contributed by atoms with Crippen LogP contribution in [-0.2, 0) is 11.2 Å². The van der Waals surface area contributed by atoms with Gasteiger partial charge in [0.2, 0.25) is 18.3 Å². The number of nitriles is 1. The molecule has 0 N–H and O–H groups in total. The average Bonchev–Trinajstić information content (AvgIpc) is 3.40. The van der Waals surface area contributed by atoms with Gasteiger partial charge in [-0.3, -0.25) is 14.7 Å². The number of halogens is 2. The Morgan fingerprint density at radius 1 is 1.30 bits per heavy atom. The summed E-state index contributed by atoms with van der Waals surface area (Å²) in [4.78, 5) is 31.2. The Balaban J connectivity index is 1.26. The Morgan fingerprint density at radius 3 is 2.98 bits per heavy atom. The van der Waals surface area contributed by atoms with E-state index in [1.807, 2.05) is 17.0 Å². The molecule has 2 aliphatic carbocycles. The highest BCUT2D eigenvalue weighted by Gasteiger charge is 2.50. The van der Waals surface area contributed by atoms with Crippen LogP contribution in [0.2, 0.25) is 0 Å². The summed E-state index contributed by atoms with van der Waals surface area (Å²) in [7, 11) is 0. The third-order valence-corrected chi connectivity index (χ3v) is 11.0. The van der Waals surface area contributed by atoms with Crippen molar-refractivity contribution in [3.63, 3.8) is 0 Å². The quantitative estimate of drug-likeness (QED) is 0.265. The van der Waals surface area contributed by atoms with Gasteiger partial charge in [0.05, 0.1) is 11.2 Å². The molecule has 9 nitrogen and oxygen atoms in total. The van der Waals surface area contributed by atoms with Gasteiger partial charge in [-0.1, -0.05) is 24.8 Å². The molecule has 0 spiro atoms. The van der Waals surface area contributed by atoms with Crippen molar-refractivity contribution in [1.29, 1.82) is 5.26 Å². The molecule has 47 heavy (non-hydrogen) atoms. The van der Waals surface area contributed by atoms with Crippen LogP contribution in [0.1, 0.15) is 48.3 Å². The fourth-order valence-corrected chi connectivity index (χ4v) is 8.80. The molecule has 3 unspecified atom stereocenters. The first-order valence-electron chi connectivity index (χ1n) is 16.4. The second-order valence-corrected chi connectivity index (χ2v) is 13.7. The van der Waals surface area contributed by atoms with Crippen LogP contribution in [0.25, 0.3) is 27.0 Å². The Labute approximate surface area is 272 Å². The van der Waals surface area contributed by atoms with Crippen molar-refractivity contribution in [2.75, 3.05) is 50.8 Å². The number of hydrogen-bond acceptors (Lipinski definition) is 7. The highest BCUT2D eigenvalue weighted by molar-refractivity contribution is 5.98. The van der Waals surface area contributed by atoms with Crippen molar-refractivity contribution in [2.24, 2.45) is 5.92 Å². The Bertz CT molecular complexity index is 1900. The number of hydrogen-bond donors (Lipinski definition) is 0. The van der Waals surface area contributed by atoms with Gasteiger partial charge >= 0.3 is 0 Å². The molecule has 3 aliphatic heterocycles. The van der Waals surface area contributed by atoms with Gasteiger partial charge in [0.1, 0.15) is 41.7 Å². The van der Waals surface area contributed by atoms with Gasteiger partial charge in [0.15, 0.2) is 5.82 Å². The van der Waals surface area contributed by atoms with Crippen molar-refractivity contribution in [1.82, 2.24) is 19.8 Å². The Hall–Kier alpha value is -4.61. The van der Waals surface area contributed by atoms with E-state index in [2.05, 4.69) is 38.4 Å². The van der Waals surface area contributed by atoms with Gasteiger partial charge in [-0.05, 0) is 61.3 Å². The zero-order chi connectivity index (χ0) is 32.4. The van der Waals surface area contributed by atoms with Crippen molar-refractivity contribution in [3.8, 4) is 23.2 Å². The molecule has 2 aromatic heterocycles. The lowest BCUT2D eigenvalue weighted by atomic mass is 9.95. The first-order chi connectivity index (χ1) is 22.9. The Morgan fingerprint density at radius 2 is 2.17 bits per heavy atom. The van der Waals surface area contributed by atoms with Crippen molar-refractivity contribution in [2.45, 2.75) is 55.8 Å². The molecule has 1 saturated carbocycles. The molecule has 1 aromatic carbocycles. The number of aromatic nitrogens is 2. The topological polar surface area (TPSA) is 90.0 Å². The van der Waals surface area contributed by atoms with Crippen molar-refractivity contribution < 1.29 is 18.3 Å². The first-order valence-corrected chi connectivity index (χ1v) is 16.4. The molecule has 5 atom stereocenters.